The summed E-state index contributed by atoms with van der Waals surface area (Å²) in [6.45, 7) is 0.523. The van der Waals surface area contributed by atoms with Crippen molar-refractivity contribution >= 4 is 22.6 Å². The van der Waals surface area contributed by atoms with E-state index in [2.05, 4.69) is 4.98 Å². The third-order valence-corrected chi connectivity index (χ3v) is 5.90. The van der Waals surface area contributed by atoms with E-state index in [9.17, 15) is 14.6 Å². The molecular weight excluding hydrogens is 369 g/mol. The molecule has 0 spiro atoms. The molecule has 3 aromatic rings. The lowest BCUT2D eigenvalue weighted by atomic mass is 10.0. The summed E-state index contributed by atoms with van der Waals surface area (Å²) >= 11 is 5.86. The van der Waals surface area contributed by atoms with Crippen molar-refractivity contribution in [2.75, 3.05) is 6.61 Å². The van der Waals surface area contributed by atoms with Crippen LogP contribution < -0.4 is 0 Å². The van der Waals surface area contributed by atoms with E-state index in [0.717, 1.165) is 23.9 Å². The topological polar surface area (TPSA) is 61.5 Å². The van der Waals surface area contributed by atoms with Crippen LogP contribution in [-0.4, -0.2) is 43.4 Å². The van der Waals surface area contributed by atoms with Crippen molar-refractivity contribution in [1.82, 2.24) is 14.5 Å². The zero-order valence-electron chi connectivity index (χ0n) is 14.5. The molecule has 1 aliphatic heterocycles. The Bertz CT molecular complexity index is 1030. The number of nitrogens with zero attached hydrogens (tertiary/aromatic N) is 3. The smallest absolute Gasteiger partial charge is 0.149 e. The number of halogens is 2. The molecule has 0 saturated heterocycles. The molecule has 0 radical (unpaired) electrons. The van der Waals surface area contributed by atoms with Crippen molar-refractivity contribution in [2.45, 2.75) is 37.7 Å². The van der Waals surface area contributed by atoms with Gasteiger partial charge in [-0.25, -0.2) is 4.39 Å². The van der Waals surface area contributed by atoms with E-state index in [1.54, 1.807) is 12.3 Å². The molecule has 2 aromatic heterocycles. The highest BCUT2D eigenvalue weighted by Crippen LogP contribution is 2.45. The number of pyridine rings is 1. The third-order valence-electron chi connectivity index (χ3n) is 5.59. The quantitative estimate of drug-likeness (QED) is 0.723. The van der Waals surface area contributed by atoms with E-state index >= 15 is 0 Å². The minimum atomic E-state index is -0.883. The highest BCUT2D eigenvalue weighted by Gasteiger charge is 2.44. The second-order valence-corrected chi connectivity index (χ2v) is 7.67. The summed E-state index contributed by atoms with van der Waals surface area (Å²) in [6.07, 6.45) is 2.83. The number of aromatic nitrogens is 2. The lowest BCUT2D eigenvalue weighted by Gasteiger charge is -2.40. The molecule has 1 fully saturated rings. The first-order chi connectivity index (χ1) is 13.1. The molecule has 5 nitrogen and oxygen atoms in total. The van der Waals surface area contributed by atoms with Crippen molar-refractivity contribution in [3.05, 3.63) is 53.1 Å². The Labute approximate surface area is 160 Å². The SMILES string of the molecule is OC[C@H]1Cn2c(c(-c3ccc(Cl)c(F)c3)c3ncccc32)C(O)N1C1CC1. The van der Waals surface area contributed by atoms with Crippen molar-refractivity contribution in [3.8, 4) is 11.1 Å². The fourth-order valence-corrected chi connectivity index (χ4v) is 4.38. The highest BCUT2D eigenvalue weighted by molar-refractivity contribution is 6.30. The first kappa shape index (κ1) is 17.1. The van der Waals surface area contributed by atoms with Crippen LogP contribution >= 0.6 is 11.6 Å². The number of rotatable bonds is 3. The summed E-state index contributed by atoms with van der Waals surface area (Å²) in [6, 6.07) is 8.55. The fourth-order valence-electron chi connectivity index (χ4n) is 4.26. The first-order valence-electron chi connectivity index (χ1n) is 9.09. The van der Waals surface area contributed by atoms with Crippen LogP contribution in [-0.2, 0) is 6.54 Å². The first-order valence-corrected chi connectivity index (χ1v) is 9.47. The van der Waals surface area contributed by atoms with Crippen LogP contribution in [0.25, 0.3) is 22.2 Å². The van der Waals surface area contributed by atoms with E-state index in [1.807, 2.05) is 21.6 Å². The maximum atomic E-state index is 14.2. The van der Waals surface area contributed by atoms with Gasteiger partial charge in [-0.1, -0.05) is 17.7 Å². The van der Waals surface area contributed by atoms with E-state index in [1.165, 1.54) is 12.1 Å². The average molecular weight is 388 g/mol. The minimum Gasteiger partial charge on any atom is -0.395 e. The number of hydrogen-bond donors (Lipinski definition) is 2. The summed E-state index contributed by atoms with van der Waals surface area (Å²) in [5.41, 5.74) is 3.62. The van der Waals surface area contributed by atoms with Gasteiger partial charge in [-0.15, -0.1) is 0 Å². The zero-order valence-corrected chi connectivity index (χ0v) is 15.3. The molecule has 2 aliphatic rings. The van der Waals surface area contributed by atoms with Crippen LogP contribution in [0.3, 0.4) is 0 Å². The lowest BCUT2D eigenvalue weighted by molar-refractivity contribution is -0.0720. The maximum Gasteiger partial charge on any atom is 0.149 e. The zero-order chi connectivity index (χ0) is 18.7. The van der Waals surface area contributed by atoms with Crippen LogP contribution in [0.15, 0.2) is 36.5 Å². The van der Waals surface area contributed by atoms with Gasteiger partial charge in [-0.05, 0) is 42.7 Å². The maximum absolute atomic E-state index is 14.2. The molecule has 5 rings (SSSR count). The molecular formula is C20H19ClFN3O2. The number of fused-ring (bicyclic) bond motifs is 3. The van der Waals surface area contributed by atoms with E-state index in [0.29, 0.717) is 23.3 Å². The summed E-state index contributed by atoms with van der Waals surface area (Å²) in [5.74, 6) is -0.504. The van der Waals surface area contributed by atoms with Gasteiger partial charge < -0.3 is 14.8 Å². The van der Waals surface area contributed by atoms with Crippen LogP contribution in [0.2, 0.25) is 5.02 Å². The van der Waals surface area contributed by atoms with Crippen LogP contribution in [0.4, 0.5) is 4.39 Å². The predicted molar refractivity (Wildman–Crippen MR) is 101 cm³/mol. The van der Waals surface area contributed by atoms with Gasteiger partial charge in [-0.2, -0.15) is 0 Å². The van der Waals surface area contributed by atoms with Crippen LogP contribution in [0.1, 0.15) is 24.8 Å². The molecule has 0 amide bonds. The normalized spacial score (nSPS) is 23.0. The summed E-state index contributed by atoms with van der Waals surface area (Å²) in [7, 11) is 0. The van der Waals surface area contributed by atoms with Gasteiger partial charge >= 0.3 is 0 Å². The van der Waals surface area contributed by atoms with Gasteiger partial charge in [-0.3, -0.25) is 9.88 Å². The molecule has 7 heteroatoms. The van der Waals surface area contributed by atoms with Crippen molar-refractivity contribution < 1.29 is 14.6 Å². The minimum absolute atomic E-state index is 0.0299. The van der Waals surface area contributed by atoms with Gasteiger partial charge in [0.2, 0.25) is 0 Å². The molecule has 27 heavy (non-hydrogen) atoms. The molecule has 2 atom stereocenters. The Hall–Kier alpha value is -1.99. The number of benzene rings is 1. The van der Waals surface area contributed by atoms with Crippen molar-refractivity contribution in [1.29, 1.82) is 0 Å². The van der Waals surface area contributed by atoms with E-state index in [4.69, 9.17) is 11.6 Å². The van der Waals surface area contributed by atoms with Gasteiger partial charge in [0.25, 0.3) is 0 Å². The summed E-state index contributed by atoms with van der Waals surface area (Å²) in [5, 5.41) is 21.2. The molecule has 3 heterocycles. The molecule has 2 N–H and O–H groups in total. The van der Waals surface area contributed by atoms with Crippen molar-refractivity contribution in [3.63, 3.8) is 0 Å². The van der Waals surface area contributed by atoms with Crippen LogP contribution in [0, 0.1) is 5.82 Å². The van der Waals surface area contributed by atoms with Gasteiger partial charge in [0, 0.05) is 24.3 Å². The second kappa shape index (κ2) is 6.27. The lowest BCUT2D eigenvalue weighted by Crippen LogP contribution is -2.49. The summed E-state index contributed by atoms with van der Waals surface area (Å²) in [4.78, 5) is 6.51. The van der Waals surface area contributed by atoms with Gasteiger partial charge in [0.15, 0.2) is 0 Å². The molecule has 1 aliphatic carbocycles. The fraction of sp³-hybridized carbons (Fsp3) is 0.350. The number of aliphatic hydroxyl groups excluding tert-OH is 2. The Balaban J connectivity index is 1.78. The Morgan fingerprint density at radius 3 is 2.78 bits per heavy atom. The molecule has 1 aromatic carbocycles. The Morgan fingerprint density at radius 2 is 2.07 bits per heavy atom. The van der Waals surface area contributed by atoms with Gasteiger partial charge in [0.1, 0.15) is 12.0 Å². The predicted octanol–water partition coefficient (Wildman–Crippen LogP) is 3.33. The average Bonchev–Trinajstić information content (AvgIpc) is 3.45. The Morgan fingerprint density at radius 1 is 1.26 bits per heavy atom. The standard InChI is InChI=1S/C20H19ClFN3O2/c21-14-6-3-11(8-15(14)22)17-18-16(2-1-7-23-18)24-9-13(10-26)25(12-4-5-12)20(27)19(17)24/h1-3,6-8,12-13,20,26-27H,4-5,9-10H2/t13-,20?/m1/s1. The monoisotopic (exact) mass is 387 g/mol. The van der Waals surface area contributed by atoms with Gasteiger partial charge in [0.05, 0.1) is 34.4 Å². The van der Waals surface area contributed by atoms with E-state index in [-0.39, 0.29) is 23.7 Å². The molecule has 1 unspecified atom stereocenters. The Kier molecular flexibility index (Phi) is 3.98. The molecule has 1 saturated carbocycles. The second-order valence-electron chi connectivity index (χ2n) is 7.26. The largest absolute Gasteiger partial charge is 0.395 e. The van der Waals surface area contributed by atoms with E-state index < -0.39 is 12.0 Å². The summed E-state index contributed by atoms with van der Waals surface area (Å²) < 4.78 is 16.2. The molecule has 0 bridgehead atoms. The molecule has 140 valence electrons. The third kappa shape index (κ3) is 2.59. The highest BCUT2D eigenvalue weighted by atomic mass is 35.5. The number of hydrogen-bond acceptors (Lipinski definition) is 4. The van der Waals surface area contributed by atoms with Crippen LogP contribution in [0.5, 0.6) is 0 Å². The van der Waals surface area contributed by atoms with Crippen molar-refractivity contribution in [2.24, 2.45) is 0 Å². The number of aliphatic hydroxyl groups is 2.